The van der Waals surface area contributed by atoms with E-state index in [2.05, 4.69) is 5.32 Å². The first kappa shape index (κ1) is 15.0. The van der Waals surface area contributed by atoms with Crippen LogP contribution in [0, 0.1) is 11.8 Å². The van der Waals surface area contributed by atoms with Gasteiger partial charge in [0.25, 0.3) is 0 Å². The Morgan fingerprint density at radius 3 is 2.50 bits per heavy atom. The number of carbonyl (C=O) groups is 2. The van der Waals surface area contributed by atoms with Gasteiger partial charge in [0.05, 0.1) is 12.0 Å². The second-order valence-corrected chi connectivity index (χ2v) is 5.58. The van der Waals surface area contributed by atoms with E-state index in [-0.39, 0.29) is 11.9 Å². The van der Waals surface area contributed by atoms with Crippen molar-refractivity contribution in [2.24, 2.45) is 17.6 Å². The smallest absolute Gasteiger partial charge is 0.308 e. The maximum absolute atomic E-state index is 11.9. The van der Waals surface area contributed by atoms with Gasteiger partial charge in [-0.1, -0.05) is 26.7 Å². The Hall–Kier alpha value is -1.10. The van der Waals surface area contributed by atoms with Crippen LogP contribution < -0.4 is 11.1 Å². The molecule has 0 aromatic heterocycles. The van der Waals surface area contributed by atoms with Crippen molar-refractivity contribution in [2.45, 2.75) is 58.0 Å². The van der Waals surface area contributed by atoms with Crippen LogP contribution in [0.25, 0.3) is 0 Å². The van der Waals surface area contributed by atoms with E-state index in [0.717, 1.165) is 19.3 Å². The molecule has 3 atom stereocenters. The number of nitrogens with two attached hydrogens (primary N) is 1. The predicted molar refractivity (Wildman–Crippen MR) is 69.0 cm³/mol. The van der Waals surface area contributed by atoms with Gasteiger partial charge in [0.1, 0.15) is 0 Å². The van der Waals surface area contributed by atoms with Gasteiger partial charge in [-0.3, -0.25) is 9.59 Å². The van der Waals surface area contributed by atoms with E-state index in [1.54, 1.807) is 0 Å². The number of hydrogen-bond donors (Lipinski definition) is 3. The molecule has 0 aromatic rings. The van der Waals surface area contributed by atoms with E-state index in [1.807, 2.05) is 13.8 Å². The van der Waals surface area contributed by atoms with Crippen LogP contribution in [0.15, 0.2) is 0 Å². The van der Waals surface area contributed by atoms with Crippen molar-refractivity contribution in [1.29, 1.82) is 0 Å². The molecule has 1 saturated carbocycles. The summed E-state index contributed by atoms with van der Waals surface area (Å²) in [6.07, 6.45) is 3.88. The largest absolute Gasteiger partial charge is 0.481 e. The van der Waals surface area contributed by atoms with Crippen molar-refractivity contribution in [3.63, 3.8) is 0 Å². The van der Waals surface area contributed by atoms with Crippen LogP contribution in [-0.4, -0.2) is 29.1 Å². The molecule has 0 heterocycles. The summed E-state index contributed by atoms with van der Waals surface area (Å²) < 4.78 is 0. The quantitative estimate of drug-likeness (QED) is 0.687. The molecular formula is C13H24N2O3. The number of hydrogen-bond acceptors (Lipinski definition) is 3. The van der Waals surface area contributed by atoms with Gasteiger partial charge < -0.3 is 16.2 Å². The molecule has 1 amide bonds. The zero-order chi connectivity index (χ0) is 13.7. The van der Waals surface area contributed by atoms with Gasteiger partial charge in [-0.25, -0.2) is 0 Å². The lowest BCUT2D eigenvalue weighted by Crippen LogP contribution is -2.50. The molecule has 1 aliphatic rings. The van der Waals surface area contributed by atoms with Crippen molar-refractivity contribution < 1.29 is 14.7 Å². The summed E-state index contributed by atoms with van der Waals surface area (Å²) in [5, 5.41) is 11.9. The predicted octanol–water partition coefficient (Wildman–Crippen LogP) is 1.12. The molecule has 0 radical (unpaired) electrons. The molecule has 0 aliphatic heterocycles. The highest BCUT2D eigenvalue weighted by atomic mass is 16.4. The second-order valence-electron chi connectivity index (χ2n) is 5.58. The topological polar surface area (TPSA) is 92.4 Å². The maximum Gasteiger partial charge on any atom is 0.308 e. The van der Waals surface area contributed by atoms with E-state index < -0.39 is 17.9 Å². The van der Waals surface area contributed by atoms with Gasteiger partial charge >= 0.3 is 5.97 Å². The third kappa shape index (κ3) is 4.29. The van der Waals surface area contributed by atoms with Gasteiger partial charge in [0.2, 0.25) is 5.91 Å². The Balaban J connectivity index is 2.53. The van der Waals surface area contributed by atoms with Crippen molar-refractivity contribution in [3.05, 3.63) is 0 Å². The fourth-order valence-corrected chi connectivity index (χ4v) is 2.50. The van der Waals surface area contributed by atoms with E-state index in [1.165, 1.54) is 0 Å². The highest BCUT2D eigenvalue weighted by molar-refractivity contribution is 5.82. The minimum Gasteiger partial charge on any atom is -0.481 e. The molecule has 1 fully saturated rings. The molecule has 1 rings (SSSR count). The molecule has 0 spiro atoms. The molecule has 0 bridgehead atoms. The molecule has 0 saturated heterocycles. The minimum atomic E-state index is -0.822. The molecule has 1 aliphatic carbocycles. The first-order valence-electron chi connectivity index (χ1n) is 6.70. The summed E-state index contributed by atoms with van der Waals surface area (Å²) in [6.45, 7) is 4.02. The molecule has 104 valence electrons. The standard InChI is InChI=1S/C13H24N2O3/c1-8(2)7-10(14)12(16)15-11-6-4-3-5-9(11)13(17)18/h8-11H,3-7,14H2,1-2H3,(H,15,16)(H,17,18). The highest BCUT2D eigenvalue weighted by Crippen LogP contribution is 2.24. The Morgan fingerprint density at radius 1 is 1.33 bits per heavy atom. The second kappa shape index (κ2) is 6.73. The van der Waals surface area contributed by atoms with Gasteiger partial charge in [0.15, 0.2) is 0 Å². The van der Waals surface area contributed by atoms with Crippen molar-refractivity contribution in [2.75, 3.05) is 0 Å². The van der Waals surface area contributed by atoms with Crippen LogP contribution in [0.1, 0.15) is 46.0 Å². The summed E-state index contributed by atoms with van der Waals surface area (Å²) in [5.41, 5.74) is 5.80. The molecule has 5 nitrogen and oxygen atoms in total. The molecule has 18 heavy (non-hydrogen) atoms. The third-order valence-corrected chi connectivity index (χ3v) is 3.47. The Kier molecular flexibility index (Phi) is 5.59. The van der Waals surface area contributed by atoms with Gasteiger partial charge in [-0.15, -0.1) is 0 Å². The number of carbonyl (C=O) groups excluding carboxylic acids is 1. The highest BCUT2D eigenvalue weighted by Gasteiger charge is 2.32. The lowest BCUT2D eigenvalue weighted by atomic mass is 9.84. The molecular weight excluding hydrogens is 232 g/mol. The summed E-state index contributed by atoms with van der Waals surface area (Å²) in [6, 6.07) is -0.802. The van der Waals surface area contributed by atoms with Crippen LogP contribution >= 0.6 is 0 Å². The lowest BCUT2D eigenvalue weighted by molar-refractivity contribution is -0.144. The molecule has 5 heteroatoms. The number of aliphatic carboxylic acids is 1. The first-order valence-corrected chi connectivity index (χ1v) is 6.70. The number of amides is 1. The summed E-state index contributed by atoms with van der Waals surface area (Å²) >= 11 is 0. The average molecular weight is 256 g/mol. The Morgan fingerprint density at radius 2 is 1.94 bits per heavy atom. The summed E-state index contributed by atoms with van der Waals surface area (Å²) in [7, 11) is 0. The van der Waals surface area contributed by atoms with Crippen LogP contribution in [0.5, 0.6) is 0 Å². The van der Waals surface area contributed by atoms with E-state index in [4.69, 9.17) is 10.8 Å². The first-order chi connectivity index (χ1) is 8.41. The third-order valence-electron chi connectivity index (χ3n) is 3.47. The lowest BCUT2D eigenvalue weighted by Gasteiger charge is -2.30. The summed E-state index contributed by atoms with van der Waals surface area (Å²) in [4.78, 5) is 23.0. The van der Waals surface area contributed by atoms with Crippen LogP contribution in [0.3, 0.4) is 0 Å². The van der Waals surface area contributed by atoms with Crippen LogP contribution in [0.2, 0.25) is 0 Å². The average Bonchev–Trinajstić information content (AvgIpc) is 2.28. The SMILES string of the molecule is CC(C)CC(N)C(=O)NC1CCCCC1C(=O)O. The molecule has 0 aromatic carbocycles. The fraction of sp³-hybridized carbons (Fsp3) is 0.846. The van der Waals surface area contributed by atoms with Crippen LogP contribution in [-0.2, 0) is 9.59 Å². The number of carboxylic acid groups (broad SMARTS) is 1. The molecule has 4 N–H and O–H groups in total. The Labute approximate surface area is 108 Å². The fourth-order valence-electron chi connectivity index (χ4n) is 2.50. The maximum atomic E-state index is 11.9. The number of rotatable bonds is 5. The van der Waals surface area contributed by atoms with Crippen LogP contribution in [0.4, 0.5) is 0 Å². The summed E-state index contributed by atoms with van der Waals surface area (Å²) in [5.74, 6) is -1.15. The van der Waals surface area contributed by atoms with Crippen molar-refractivity contribution in [1.82, 2.24) is 5.32 Å². The minimum absolute atomic E-state index is 0.221. The van der Waals surface area contributed by atoms with E-state index in [9.17, 15) is 9.59 Å². The van der Waals surface area contributed by atoms with E-state index in [0.29, 0.717) is 18.8 Å². The number of nitrogens with one attached hydrogen (secondary N) is 1. The number of carboxylic acids is 1. The van der Waals surface area contributed by atoms with Gasteiger partial charge in [-0.2, -0.15) is 0 Å². The van der Waals surface area contributed by atoms with E-state index >= 15 is 0 Å². The zero-order valence-electron chi connectivity index (χ0n) is 11.2. The Bertz CT molecular complexity index is 305. The monoisotopic (exact) mass is 256 g/mol. The van der Waals surface area contributed by atoms with Gasteiger partial charge in [-0.05, 0) is 25.2 Å². The zero-order valence-corrected chi connectivity index (χ0v) is 11.2. The van der Waals surface area contributed by atoms with Crippen molar-refractivity contribution >= 4 is 11.9 Å². The van der Waals surface area contributed by atoms with Gasteiger partial charge in [0, 0.05) is 6.04 Å². The normalized spacial score (nSPS) is 25.8. The molecule has 3 unspecified atom stereocenters. The van der Waals surface area contributed by atoms with Crippen molar-refractivity contribution in [3.8, 4) is 0 Å².